The van der Waals surface area contributed by atoms with Crippen molar-refractivity contribution < 1.29 is 4.79 Å². The van der Waals surface area contributed by atoms with Gasteiger partial charge in [-0.15, -0.1) is 0 Å². The monoisotopic (exact) mass is 413 g/mol. The number of amides is 1. The molecule has 2 aromatic rings. The minimum Gasteiger partial charge on any atom is -0.353 e. The van der Waals surface area contributed by atoms with Crippen LogP contribution >= 0.6 is 11.8 Å². The normalized spacial score (nSPS) is 15.4. The van der Waals surface area contributed by atoms with Crippen molar-refractivity contribution >= 4 is 28.6 Å². The number of nitrogens with zero attached hydrogens (tertiary/aromatic N) is 2. The zero-order chi connectivity index (χ0) is 20.8. The van der Waals surface area contributed by atoms with Gasteiger partial charge in [-0.2, -0.15) is 0 Å². The van der Waals surface area contributed by atoms with E-state index in [1.807, 2.05) is 31.2 Å². The number of nitrogens with one attached hydrogen (secondary N) is 1. The van der Waals surface area contributed by atoms with Crippen LogP contribution in [0.4, 0.5) is 0 Å². The van der Waals surface area contributed by atoms with E-state index >= 15 is 0 Å². The van der Waals surface area contributed by atoms with Crippen LogP contribution in [0.1, 0.15) is 52.9 Å². The van der Waals surface area contributed by atoms with Crippen molar-refractivity contribution in [2.45, 2.75) is 70.6 Å². The number of allylic oxidation sites excluding steroid dienone is 2. The smallest absolute Gasteiger partial charge is 0.262 e. The predicted octanol–water partition coefficient (Wildman–Crippen LogP) is 4.54. The summed E-state index contributed by atoms with van der Waals surface area (Å²) >= 11 is 1.34. The van der Waals surface area contributed by atoms with E-state index < -0.39 is 0 Å². The third-order valence-corrected chi connectivity index (χ3v) is 6.57. The van der Waals surface area contributed by atoms with Crippen LogP contribution in [0, 0.1) is 5.92 Å². The molecule has 0 radical (unpaired) electrons. The fourth-order valence-corrected chi connectivity index (χ4v) is 4.27. The van der Waals surface area contributed by atoms with Gasteiger partial charge < -0.3 is 5.32 Å². The van der Waals surface area contributed by atoms with E-state index in [0.717, 1.165) is 19.3 Å². The number of benzene rings is 1. The van der Waals surface area contributed by atoms with Gasteiger partial charge in [0.05, 0.1) is 16.7 Å². The highest BCUT2D eigenvalue weighted by atomic mass is 32.2. The van der Waals surface area contributed by atoms with E-state index in [1.165, 1.54) is 30.2 Å². The van der Waals surface area contributed by atoms with Gasteiger partial charge in [-0.3, -0.25) is 14.2 Å². The predicted molar refractivity (Wildman–Crippen MR) is 120 cm³/mol. The molecule has 1 aliphatic carbocycles. The van der Waals surface area contributed by atoms with Crippen LogP contribution in [-0.4, -0.2) is 27.3 Å². The number of thioether (sulfide) groups is 1. The first-order valence-corrected chi connectivity index (χ1v) is 11.5. The van der Waals surface area contributed by atoms with Gasteiger partial charge in [0, 0.05) is 12.6 Å². The first-order chi connectivity index (χ1) is 14.0. The lowest BCUT2D eigenvalue weighted by atomic mass is 9.97. The van der Waals surface area contributed by atoms with Gasteiger partial charge in [-0.1, -0.05) is 49.4 Å². The maximum atomic E-state index is 13.1. The number of fused-ring (bicyclic) bond motifs is 1. The number of carbonyl (C=O) groups excluding carboxylic acids is 1. The second kappa shape index (κ2) is 10.1. The molecule has 3 rings (SSSR count). The highest BCUT2D eigenvalue weighted by Gasteiger charge is 2.16. The molecule has 29 heavy (non-hydrogen) atoms. The molecule has 1 aliphatic rings. The lowest BCUT2D eigenvalue weighted by molar-refractivity contribution is -0.119. The molecule has 0 bridgehead atoms. The van der Waals surface area contributed by atoms with E-state index in [-0.39, 0.29) is 23.3 Å². The topological polar surface area (TPSA) is 64.0 Å². The number of aromatic nitrogens is 2. The summed E-state index contributed by atoms with van der Waals surface area (Å²) in [5.41, 5.74) is 2.09. The standard InChI is InChI=1S/C23H31N3O2S/c1-16(2)17(3)24-21(27)15-29-23-25-20-12-8-7-11-19(20)22(28)26(23)14-13-18-9-5-4-6-10-18/h7-9,11-12,16-17H,4-6,10,13-15H2,1-3H3,(H,24,27). The van der Waals surface area contributed by atoms with Crippen LogP contribution in [0.5, 0.6) is 0 Å². The third kappa shape index (κ3) is 5.72. The van der Waals surface area contributed by atoms with Gasteiger partial charge >= 0.3 is 0 Å². The van der Waals surface area contributed by atoms with Crippen molar-refractivity contribution in [3.8, 4) is 0 Å². The van der Waals surface area contributed by atoms with Crippen molar-refractivity contribution in [1.82, 2.24) is 14.9 Å². The molecule has 5 nitrogen and oxygen atoms in total. The molecule has 0 spiro atoms. The molecular formula is C23H31N3O2S. The second-order valence-corrected chi connectivity index (χ2v) is 9.06. The van der Waals surface area contributed by atoms with E-state index in [1.54, 1.807) is 4.57 Å². The first kappa shape index (κ1) is 21.6. The molecule has 6 heteroatoms. The lowest BCUT2D eigenvalue weighted by Crippen LogP contribution is -2.37. The van der Waals surface area contributed by atoms with Gasteiger partial charge in [0.1, 0.15) is 0 Å². The zero-order valence-corrected chi connectivity index (χ0v) is 18.4. The molecule has 1 aromatic heterocycles. The van der Waals surface area contributed by atoms with Gasteiger partial charge in [0.2, 0.25) is 5.91 Å². The van der Waals surface area contributed by atoms with Crippen LogP contribution < -0.4 is 10.9 Å². The molecule has 1 atom stereocenters. The average molecular weight is 414 g/mol. The van der Waals surface area contributed by atoms with E-state index in [9.17, 15) is 9.59 Å². The Hall–Kier alpha value is -2.08. The Morgan fingerprint density at radius 2 is 2.03 bits per heavy atom. The van der Waals surface area contributed by atoms with Crippen molar-refractivity contribution in [1.29, 1.82) is 0 Å². The van der Waals surface area contributed by atoms with E-state index in [4.69, 9.17) is 4.98 Å². The third-order valence-electron chi connectivity index (χ3n) is 5.59. The number of hydrogen-bond donors (Lipinski definition) is 1. The summed E-state index contributed by atoms with van der Waals surface area (Å²) in [6.07, 6.45) is 7.92. The Kier molecular flexibility index (Phi) is 7.53. The zero-order valence-electron chi connectivity index (χ0n) is 17.6. The van der Waals surface area contributed by atoms with Crippen LogP contribution in [0.15, 0.2) is 45.9 Å². The van der Waals surface area contributed by atoms with Crippen LogP contribution in [-0.2, 0) is 11.3 Å². The molecule has 1 heterocycles. The van der Waals surface area contributed by atoms with Crippen LogP contribution in [0.2, 0.25) is 0 Å². The Labute approximate surface area is 177 Å². The highest BCUT2D eigenvalue weighted by molar-refractivity contribution is 7.99. The fraction of sp³-hybridized carbons (Fsp3) is 0.522. The Balaban J connectivity index is 1.81. The molecule has 0 saturated heterocycles. The number of para-hydroxylation sites is 1. The molecular weight excluding hydrogens is 382 g/mol. The quantitative estimate of drug-likeness (QED) is 0.392. The summed E-state index contributed by atoms with van der Waals surface area (Å²) in [4.78, 5) is 30.2. The Bertz CT molecular complexity index is 949. The number of carbonyl (C=O) groups is 1. The maximum Gasteiger partial charge on any atom is 0.262 e. The molecule has 156 valence electrons. The summed E-state index contributed by atoms with van der Waals surface area (Å²) in [5, 5.41) is 4.27. The van der Waals surface area contributed by atoms with E-state index in [0.29, 0.717) is 28.5 Å². The largest absolute Gasteiger partial charge is 0.353 e. The minimum atomic E-state index is -0.0276. The summed E-state index contributed by atoms with van der Waals surface area (Å²) in [5.74, 6) is 0.606. The van der Waals surface area contributed by atoms with Crippen molar-refractivity contribution in [3.63, 3.8) is 0 Å². The molecule has 1 unspecified atom stereocenters. The summed E-state index contributed by atoms with van der Waals surface area (Å²) in [7, 11) is 0. The van der Waals surface area contributed by atoms with E-state index in [2.05, 4.69) is 25.2 Å². The second-order valence-electron chi connectivity index (χ2n) is 8.12. The fourth-order valence-electron chi connectivity index (χ4n) is 3.43. The van der Waals surface area contributed by atoms with Gasteiger partial charge in [-0.05, 0) is 57.1 Å². The summed E-state index contributed by atoms with van der Waals surface area (Å²) in [6.45, 7) is 6.78. The maximum absolute atomic E-state index is 13.1. The molecule has 1 N–H and O–H groups in total. The Morgan fingerprint density at radius 3 is 2.76 bits per heavy atom. The van der Waals surface area contributed by atoms with Crippen molar-refractivity contribution in [2.75, 3.05) is 5.75 Å². The van der Waals surface area contributed by atoms with Crippen LogP contribution in [0.25, 0.3) is 10.9 Å². The molecule has 0 aliphatic heterocycles. The molecule has 0 saturated carbocycles. The highest BCUT2D eigenvalue weighted by Crippen LogP contribution is 2.23. The molecule has 0 fully saturated rings. The van der Waals surface area contributed by atoms with Gasteiger partial charge in [0.25, 0.3) is 5.56 Å². The SMILES string of the molecule is CC(C)C(C)NC(=O)CSc1nc2ccccc2c(=O)n1CCC1=CCCCC1. The minimum absolute atomic E-state index is 0.0227. The first-order valence-electron chi connectivity index (χ1n) is 10.6. The molecule has 1 aromatic carbocycles. The summed E-state index contributed by atoms with van der Waals surface area (Å²) in [6, 6.07) is 7.56. The van der Waals surface area contributed by atoms with Crippen molar-refractivity contribution in [3.05, 3.63) is 46.3 Å². The van der Waals surface area contributed by atoms with Gasteiger partial charge in [-0.25, -0.2) is 4.98 Å². The van der Waals surface area contributed by atoms with Gasteiger partial charge in [0.15, 0.2) is 5.16 Å². The number of hydrogen-bond acceptors (Lipinski definition) is 4. The molecule has 1 amide bonds. The van der Waals surface area contributed by atoms with Crippen LogP contribution in [0.3, 0.4) is 0 Å². The van der Waals surface area contributed by atoms with Crippen molar-refractivity contribution in [2.24, 2.45) is 5.92 Å². The summed E-state index contributed by atoms with van der Waals surface area (Å²) < 4.78 is 1.75. The Morgan fingerprint density at radius 1 is 1.24 bits per heavy atom. The number of rotatable bonds is 8. The lowest BCUT2D eigenvalue weighted by Gasteiger charge is -2.18. The average Bonchev–Trinajstić information content (AvgIpc) is 2.72.